The topological polar surface area (TPSA) is 16.4 Å². The Morgan fingerprint density at radius 3 is 1.56 bits per heavy atom. The first-order valence-corrected chi connectivity index (χ1v) is 21.3. The van der Waals surface area contributed by atoms with E-state index >= 15 is 0 Å². The molecule has 12 aromatic rings. The summed E-state index contributed by atoms with van der Waals surface area (Å²) in [7, 11) is 0. The van der Waals surface area contributed by atoms with E-state index in [4.69, 9.17) is 4.42 Å². The fourth-order valence-electron chi connectivity index (χ4n) is 9.62. The molecule has 0 aliphatic heterocycles. The van der Waals surface area contributed by atoms with Crippen molar-refractivity contribution in [2.75, 3.05) is 4.90 Å². The molecule has 0 amide bonds. The molecule has 0 atom stereocenters. The molecule has 0 saturated carbocycles. The first-order valence-electron chi connectivity index (χ1n) is 21.3. The van der Waals surface area contributed by atoms with E-state index in [1.54, 1.807) is 0 Å². The molecule has 0 N–H and O–H groups in total. The molecule has 0 aliphatic rings. The van der Waals surface area contributed by atoms with E-state index in [0.717, 1.165) is 55.5 Å². The summed E-state index contributed by atoms with van der Waals surface area (Å²) in [5.74, 6) is 0. The van der Waals surface area contributed by atoms with Gasteiger partial charge in [-0.3, -0.25) is 0 Å². The molecular formula is C60H39NO. The van der Waals surface area contributed by atoms with Crippen molar-refractivity contribution >= 4 is 71.3 Å². The normalized spacial score (nSPS) is 11.5. The second-order valence-electron chi connectivity index (χ2n) is 16.0. The third-order valence-corrected chi connectivity index (χ3v) is 12.4. The zero-order valence-corrected chi connectivity index (χ0v) is 33.9. The van der Waals surface area contributed by atoms with Crippen LogP contribution in [0, 0.1) is 0 Å². The number of fused-ring (bicyclic) bond motifs is 8. The SMILES string of the molecule is c1ccc(-c2ccc(N(c3cccc(-c4cccc5oc6c7ccccc7ccc6c45)c3)c3ccc4c(c3)c(-c3ccccc3)c(-c3ccccc3)c3ccccc34)cc2)cc1. The highest BCUT2D eigenvalue weighted by molar-refractivity contribution is 6.22. The molecule has 0 radical (unpaired) electrons. The lowest BCUT2D eigenvalue weighted by Gasteiger charge is -2.27. The molecule has 0 saturated heterocycles. The molecule has 0 aliphatic carbocycles. The van der Waals surface area contributed by atoms with Crippen LogP contribution in [0.1, 0.15) is 0 Å². The van der Waals surface area contributed by atoms with E-state index in [0.29, 0.717) is 0 Å². The van der Waals surface area contributed by atoms with Gasteiger partial charge in [0, 0.05) is 33.2 Å². The van der Waals surface area contributed by atoms with E-state index in [-0.39, 0.29) is 0 Å². The molecule has 1 aromatic heterocycles. The van der Waals surface area contributed by atoms with Crippen LogP contribution in [0.15, 0.2) is 241 Å². The van der Waals surface area contributed by atoms with E-state index in [1.165, 1.54) is 60.3 Å². The molecule has 12 rings (SSSR count). The zero-order valence-electron chi connectivity index (χ0n) is 33.9. The molecule has 1 heterocycles. The predicted octanol–water partition coefficient (Wildman–Crippen LogP) is 17.2. The van der Waals surface area contributed by atoms with Gasteiger partial charge in [-0.05, 0) is 120 Å². The maximum Gasteiger partial charge on any atom is 0.143 e. The number of rotatable bonds is 7. The maximum absolute atomic E-state index is 6.64. The Hall–Kier alpha value is -8.20. The van der Waals surface area contributed by atoms with Gasteiger partial charge in [-0.15, -0.1) is 0 Å². The molecule has 0 bridgehead atoms. The quantitative estimate of drug-likeness (QED) is 0.150. The molecule has 2 nitrogen and oxygen atoms in total. The van der Waals surface area contributed by atoms with Gasteiger partial charge < -0.3 is 9.32 Å². The van der Waals surface area contributed by atoms with Gasteiger partial charge in [0.15, 0.2) is 0 Å². The number of anilines is 3. The lowest BCUT2D eigenvalue weighted by atomic mass is 9.85. The van der Waals surface area contributed by atoms with Crippen LogP contribution in [-0.4, -0.2) is 0 Å². The number of furan rings is 1. The lowest BCUT2D eigenvalue weighted by molar-refractivity contribution is 0.673. The second-order valence-corrected chi connectivity index (χ2v) is 16.0. The predicted molar refractivity (Wildman–Crippen MR) is 263 cm³/mol. The van der Waals surface area contributed by atoms with Crippen LogP contribution < -0.4 is 4.90 Å². The van der Waals surface area contributed by atoms with Crippen LogP contribution in [0.4, 0.5) is 17.1 Å². The van der Waals surface area contributed by atoms with Crippen molar-refractivity contribution in [3.05, 3.63) is 237 Å². The van der Waals surface area contributed by atoms with E-state index in [1.807, 2.05) is 0 Å². The fourth-order valence-corrected chi connectivity index (χ4v) is 9.62. The molecule has 11 aromatic carbocycles. The van der Waals surface area contributed by atoms with Gasteiger partial charge in [-0.25, -0.2) is 0 Å². The van der Waals surface area contributed by atoms with Gasteiger partial charge in [-0.1, -0.05) is 188 Å². The third-order valence-electron chi connectivity index (χ3n) is 12.4. The summed E-state index contributed by atoms with van der Waals surface area (Å²) in [6.07, 6.45) is 0. The highest BCUT2D eigenvalue weighted by Gasteiger charge is 2.22. The molecule has 2 heteroatoms. The molecule has 0 spiro atoms. The summed E-state index contributed by atoms with van der Waals surface area (Å²) in [6.45, 7) is 0. The summed E-state index contributed by atoms with van der Waals surface area (Å²) < 4.78 is 6.64. The van der Waals surface area contributed by atoms with Crippen LogP contribution in [0.2, 0.25) is 0 Å². The average Bonchev–Trinajstić information content (AvgIpc) is 3.74. The van der Waals surface area contributed by atoms with Gasteiger partial charge in [0.25, 0.3) is 0 Å². The largest absolute Gasteiger partial charge is 0.455 e. The van der Waals surface area contributed by atoms with Crippen molar-refractivity contribution < 1.29 is 4.42 Å². The maximum atomic E-state index is 6.64. The summed E-state index contributed by atoms with van der Waals surface area (Å²) in [6, 6.07) is 85.5. The summed E-state index contributed by atoms with van der Waals surface area (Å²) in [5, 5.41) is 9.46. The minimum Gasteiger partial charge on any atom is -0.455 e. The van der Waals surface area contributed by atoms with Crippen molar-refractivity contribution in [1.29, 1.82) is 0 Å². The third kappa shape index (κ3) is 5.96. The summed E-state index contributed by atoms with van der Waals surface area (Å²) in [4.78, 5) is 2.41. The van der Waals surface area contributed by atoms with Gasteiger partial charge >= 0.3 is 0 Å². The summed E-state index contributed by atoms with van der Waals surface area (Å²) >= 11 is 0. The van der Waals surface area contributed by atoms with Crippen molar-refractivity contribution in [2.24, 2.45) is 0 Å². The Balaban J connectivity index is 1.10. The van der Waals surface area contributed by atoms with Crippen LogP contribution in [0.25, 0.3) is 98.8 Å². The van der Waals surface area contributed by atoms with Gasteiger partial charge in [-0.2, -0.15) is 0 Å². The number of benzene rings is 11. The first-order chi connectivity index (χ1) is 30.8. The number of hydrogen-bond acceptors (Lipinski definition) is 2. The Morgan fingerprint density at radius 2 is 0.823 bits per heavy atom. The Bertz CT molecular complexity index is 3610. The molecule has 0 fully saturated rings. The molecule has 62 heavy (non-hydrogen) atoms. The summed E-state index contributed by atoms with van der Waals surface area (Å²) in [5.41, 5.74) is 14.5. The van der Waals surface area contributed by atoms with Crippen molar-refractivity contribution in [2.45, 2.75) is 0 Å². The van der Waals surface area contributed by atoms with Crippen LogP contribution in [0.5, 0.6) is 0 Å². The standard InChI is InChI=1S/C60H39NO/c1-4-16-40(17-5-1)41-30-33-46(34-31-41)61(47-24-14-23-45(38-47)49-28-15-29-56-59(49)54-36-32-42-18-10-11-25-50(42)60(54)62-56)48-35-37-52-51-26-12-13-27-53(51)57(43-19-6-2-7-20-43)58(55(52)39-48)44-21-8-3-9-22-44/h1-39H. The van der Waals surface area contributed by atoms with Gasteiger partial charge in [0.05, 0.1) is 0 Å². The van der Waals surface area contributed by atoms with Crippen LogP contribution in [-0.2, 0) is 0 Å². The zero-order chi connectivity index (χ0) is 41.0. The monoisotopic (exact) mass is 789 g/mol. The average molecular weight is 790 g/mol. The van der Waals surface area contributed by atoms with Crippen LogP contribution >= 0.6 is 0 Å². The van der Waals surface area contributed by atoms with Gasteiger partial charge in [0.1, 0.15) is 11.2 Å². The molecule has 290 valence electrons. The Labute approximate surface area is 360 Å². The Kier molecular flexibility index (Phi) is 8.53. The minimum absolute atomic E-state index is 0.886. The Morgan fingerprint density at radius 1 is 0.290 bits per heavy atom. The highest BCUT2D eigenvalue weighted by atomic mass is 16.3. The first kappa shape index (κ1) is 35.7. The number of nitrogens with zero attached hydrogens (tertiary/aromatic N) is 1. The van der Waals surface area contributed by atoms with Crippen molar-refractivity contribution in [1.82, 2.24) is 0 Å². The van der Waals surface area contributed by atoms with Crippen molar-refractivity contribution in [3.63, 3.8) is 0 Å². The smallest absolute Gasteiger partial charge is 0.143 e. The fraction of sp³-hybridized carbons (Fsp3) is 0. The van der Waals surface area contributed by atoms with E-state index in [9.17, 15) is 0 Å². The van der Waals surface area contributed by atoms with Gasteiger partial charge in [0.2, 0.25) is 0 Å². The van der Waals surface area contributed by atoms with E-state index < -0.39 is 0 Å². The highest BCUT2D eigenvalue weighted by Crippen LogP contribution is 2.48. The molecule has 0 unspecified atom stereocenters. The number of hydrogen-bond donors (Lipinski definition) is 0. The van der Waals surface area contributed by atoms with Crippen molar-refractivity contribution in [3.8, 4) is 44.5 Å². The van der Waals surface area contributed by atoms with E-state index in [2.05, 4.69) is 241 Å². The lowest BCUT2D eigenvalue weighted by Crippen LogP contribution is -2.10. The van der Waals surface area contributed by atoms with Crippen LogP contribution in [0.3, 0.4) is 0 Å². The second kappa shape index (κ2) is 14.8. The minimum atomic E-state index is 0.886. The molecular weight excluding hydrogens is 751 g/mol.